The second-order valence-electron chi connectivity index (χ2n) is 7.45. The van der Waals surface area contributed by atoms with Gasteiger partial charge in [0.25, 0.3) is 0 Å². The number of urea groups is 1. The summed E-state index contributed by atoms with van der Waals surface area (Å²) < 4.78 is 0. The number of hydrogen-bond acceptors (Lipinski definition) is 2. The maximum atomic E-state index is 12.5. The summed E-state index contributed by atoms with van der Waals surface area (Å²) in [4.78, 5) is 16.8. The Kier molecular flexibility index (Phi) is 5.50. The number of carbonyl (C=O) groups excluding carboxylic acids is 1. The van der Waals surface area contributed by atoms with Crippen LogP contribution in [0.5, 0.6) is 0 Å². The van der Waals surface area contributed by atoms with Crippen LogP contribution in [-0.2, 0) is 0 Å². The van der Waals surface area contributed by atoms with Crippen molar-refractivity contribution in [1.82, 2.24) is 4.90 Å². The molecule has 2 amide bonds. The van der Waals surface area contributed by atoms with Gasteiger partial charge in [-0.05, 0) is 60.7 Å². The lowest BCUT2D eigenvalue weighted by Gasteiger charge is -2.36. The van der Waals surface area contributed by atoms with E-state index in [1.165, 1.54) is 22.4 Å². The molecular formula is C22H29N3O. The zero-order valence-corrected chi connectivity index (χ0v) is 16.2. The molecule has 4 heteroatoms. The second kappa shape index (κ2) is 7.81. The van der Waals surface area contributed by atoms with Gasteiger partial charge in [-0.1, -0.05) is 32.0 Å². The summed E-state index contributed by atoms with van der Waals surface area (Å²) in [5.41, 5.74) is 5.89. The fourth-order valence-electron chi connectivity index (χ4n) is 3.26. The number of anilines is 2. The molecule has 0 aliphatic carbocycles. The van der Waals surface area contributed by atoms with Crippen molar-refractivity contribution in [3.63, 3.8) is 0 Å². The lowest BCUT2D eigenvalue weighted by atomic mass is 10.0. The number of piperazine rings is 1. The summed E-state index contributed by atoms with van der Waals surface area (Å²) in [6.07, 6.45) is 0. The quantitative estimate of drug-likeness (QED) is 0.864. The molecule has 0 unspecified atom stereocenters. The van der Waals surface area contributed by atoms with Crippen molar-refractivity contribution in [2.24, 2.45) is 0 Å². The van der Waals surface area contributed by atoms with Gasteiger partial charge in [-0.3, -0.25) is 0 Å². The van der Waals surface area contributed by atoms with E-state index >= 15 is 0 Å². The number of amides is 2. The third-order valence-electron chi connectivity index (χ3n) is 5.25. The molecule has 1 aliphatic rings. The molecule has 0 spiro atoms. The van der Waals surface area contributed by atoms with Crippen LogP contribution in [0.3, 0.4) is 0 Å². The molecule has 4 nitrogen and oxygen atoms in total. The zero-order valence-electron chi connectivity index (χ0n) is 16.2. The minimum absolute atomic E-state index is 0.0111. The van der Waals surface area contributed by atoms with E-state index < -0.39 is 0 Å². The van der Waals surface area contributed by atoms with E-state index in [1.807, 2.05) is 23.1 Å². The van der Waals surface area contributed by atoms with Crippen LogP contribution >= 0.6 is 0 Å². The SMILES string of the molecule is Cc1ccc(NC(=O)N2CCN(c3ccc(C(C)C)cc3)CC2)cc1C. The minimum atomic E-state index is -0.0111. The van der Waals surface area contributed by atoms with E-state index in [0.29, 0.717) is 5.92 Å². The lowest BCUT2D eigenvalue weighted by molar-refractivity contribution is 0.208. The van der Waals surface area contributed by atoms with Crippen molar-refractivity contribution in [3.05, 3.63) is 59.2 Å². The van der Waals surface area contributed by atoms with E-state index in [9.17, 15) is 4.79 Å². The van der Waals surface area contributed by atoms with Crippen LogP contribution in [0.2, 0.25) is 0 Å². The first-order valence-electron chi connectivity index (χ1n) is 9.42. The summed E-state index contributed by atoms with van der Waals surface area (Å²) >= 11 is 0. The van der Waals surface area contributed by atoms with Crippen LogP contribution < -0.4 is 10.2 Å². The van der Waals surface area contributed by atoms with Crippen LogP contribution in [0, 0.1) is 13.8 Å². The summed E-state index contributed by atoms with van der Waals surface area (Å²) in [5.74, 6) is 0.551. The van der Waals surface area contributed by atoms with E-state index in [2.05, 4.69) is 62.2 Å². The van der Waals surface area contributed by atoms with Crippen molar-refractivity contribution in [3.8, 4) is 0 Å². The average molecular weight is 351 g/mol. The Morgan fingerprint density at radius 2 is 1.58 bits per heavy atom. The van der Waals surface area contributed by atoms with Gasteiger partial charge in [0.1, 0.15) is 0 Å². The second-order valence-corrected chi connectivity index (χ2v) is 7.45. The molecule has 1 saturated heterocycles. The van der Waals surface area contributed by atoms with Crippen molar-refractivity contribution < 1.29 is 4.79 Å². The molecule has 1 N–H and O–H groups in total. The van der Waals surface area contributed by atoms with Crippen LogP contribution in [0.4, 0.5) is 16.2 Å². The Morgan fingerprint density at radius 3 is 2.15 bits per heavy atom. The first kappa shape index (κ1) is 18.3. The fourth-order valence-corrected chi connectivity index (χ4v) is 3.26. The third kappa shape index (κ3) is 4.18. The van der Waals surface area contributed by atoms with E-state index in [-0.39, 0.29) is 6.03 Å². The smallest absolute Gasteiger partial charge is 0.321 e. The fraction of sp³-hybridized carbons (Fsp3) is 0.409. The predicted molar refractivity (Wildman–Crippen MR) is 109 cm³/mol. The molecule has 3 rings (SSSR count). The number of nitrogens with one attached hydrogen (secondary N) is 1. The van der Waals surface area contributed by atoms with E-state index in [1.54, 1.807) is 0 Å². The molecule has 0 saturated carbocycles. The van der Waals surface area contributed by atoms with Gasteiger partial charge in [-0.15, -0.1) is 0 Å². The summed E-state index contributed by atoms with van der Waals surface area (Å²) in [5, 5.41) is 3.02. The Bertz CT molecular complexity index is 759. The molecule has 0 atom stereocenters. The molecular weight excluding hydrogens is 322 g/mol. The number of hydrogen-bond donors (Lipinski definition) is 1. The zero-order chi connectivity index (χ0) is 18.7. The summed E-state index contributed by atoms with van der Waals surface area (Å²) in [6, 6.07) is 14.8. The first-order chi connectivity index (χ1) is 12.4. The average Bonchev–Trinajstić information content (AvgIpc) is 2.65. The maximum absolute atomic E-state index is 12.5. The van der Waals surface area contributed by atoms with Gasteiger partial charge in [-0.2, -0.15) is 0 Å². The molecule has 0 radical (unpaired) electrons. The highest BCUT2D eigenvalue weighted by Crippen LogP contribution is 2.21. The van der Waals surface area contributed by atoms with Gasteiger partial charge in [0.05, 0.1) is 0 Å². The van der Waals surface area contributed by atoms with Gasteiger partial charge in [0.2, 0.25) is 0 Å². The van der Waals surface area contributed by atoms with E-state index in [0.717, 1.165) is 31.9 Å². The van der Waals surface area contributed by atoms with Crippen LogP contribution in [-0.4, -0.2) is 37.1 Å². The number of nitrogens with zero attached hydrogens (tertiary/aromatic N) is 2. The third-order valence-corrected chi connectivity index (χ3v) is 5.25. The monoisotopic (exact) mass is 351 g/mol. The Morgan fingerprint density at radius 1 is 0.923 bits per heavy atom. The van der Waals surface area contributed by atoms with Crippen molar-refractivity contribution in [2.75, 3.05) is 36.4 Å². The first-order valence-corrected chi connectivity index (χ1v) is 9.42. The van der Waals surface area contributed by atoms with Crippen molar-refractivity contribution in [2.45, 2.75) is 33.6 Å². The lowest BCUT2D eigenvalue weighted by Crippen LogP contribution is -2.50. The molecule has 0 aromatic heterocycles. The van der Waals surface area contributed by atoms with Gasteiger partial charge >= 0.3 is 6.03 Å². The summed E-state index contributed by atoms with van der Waals surface area (Å²) in [6.45, 7) is 11.8. The Labute approximate surface area is 156 Å². The topological polar surface area (TPSA) is 35.6 Å². The standard InChI is InChI=1S/C22H29N3O/c1-16(2)19-6-9-21(10-7-19)24-11-13-25(14-12-24)22(26)23-20-8-5-17(3)18(4)15-20/h5-10,15-16H,11-14H2,1-4H3,(H,23,26). The highest BCUT2D eigenvalue weighted by Gasteiger charge is 2.21. The number of benzene rings is 2. The number of aryl methyl sites for hydroxylation is 2. The van der Waals surface area contributed by atoms with Gasteiger partial charge in [0.15, 0.2) is 0 Å². The molecule has 138 valence electrons. The van der Waals surface area contributed by atoms with Gasteiger partial charge in [0, 0.05) is 37.6 Å². The minimum Gasteiger partial charge on any atom is -0.368 e. The maximum Gasteiger partial charge on any atom is 0.321 e. The van der Waals surface area contributed by atoms with Crippen LogP contribution in [0.15, 0.2) is 42.5 Å². The van der Waals surface area contributed by atoms with Gasteiger partial charge in [-0.25, -0.2) is 4.79 Å². The highest BCUT2D eigenvalue weighted by atomic mass is 16.2. The summed E-state index contributed by atoms with van der Waals surface area (Å²) in [7, 11) is 0. The molecule has 0 bridgehead atoms. The number of rotatable bonds is 3. The molecule has 1 heterocycles. The molecule has 1 aliphatic heterocycles. The Balaban J connectivity index is 1.55. The van der Waals surface area contributed by atoms with Crippen LogP contribution in [0.25, 0.3) is 0 Å². The van der Waals surface area contributed by atoms with Crippen LogP contribution in [0.1, 0.15) is 36.5 Å². The molecule has 1 fully saturated rings. The van der Waals surface area contributed by atoms with Gasteiger partial charge < -0.3 is 15.1 Å². The molecule has 2 aromatic rings. The van der Waals surface area contributed by atoms with E-state index in [4.69, 9.17) is 0 Å². The van der Waals surface area contributed by atoms with Crippen molar-refractivity contribution >= 4 is 17.4 Å². The molecule has 2 aromatic carbocycles. The normalized spacial score (nSPS) is 14.7. The largest absolute Gasteiger partial charge is 0.368 e. The Hall–Kier alpha value is -2.49. The molecule has 26 heavy (non-hydrogen) atoms. The number of carbonyl (C=O) groups is 1. The highest BCUT2D eigenvalue weighted by molar-refractivity contribution is 5.89. The predicted octanol–water partition coefficient (Wildman–Crippen LogP) is 4.78. The van der Waals surface area contributed by atoms with Crippen molar-refractivity contribution in [1.29, 1.82) is 0 Å².